The van der Waals surface area contributed by atoms with Gasteiger partial charge in [0.05, 0.1) is 7.11 Å². The predicted molar refractivity (Wildman–Crippen MR) is 94.6 cm³/mol. The Balaban J connectivity index is 1.43. The minimum Gasteiger partial charge on any atom is -0.494 e. The third-order valence-electron chi connectivity index (χ3n) is 4.41. The van der Waals surface area contributed by atoms with Gasteiger partial charge in [0.1, 0.15) is 5.76 Å². The minimum absolute atomic E-state index is 0.104. The smallest absolute Gasteiger partial charge is 0.320 e. The number of carbonyl (C=O) groups is 1. The number of ether oxygens (including phenoxy) is 1. The molecule has 2 aromatic rings. The second-order valence-electron chi connectivity index (χ2n) is 6.44. The second-order valence-corrected chi connectivity index (χ2v) is 6.44. The number of urea groups is 1. The van der Waals surface area contributed by atoms with Crippen LogP contribution < -0.4 is 15.4 Å². The number of piperidine rings is 1. The van der Waals surface area contributed by atoms with Gasteiger partial charge in [-0.1, -0.05) is 11.2 Å². The standard InChI is InChI=1S/C18H23FN4O3/c1-12-9-17(22-26-12)21-18(24)20-14-5-7-23(8-6-14)11-13-3-4-16(25-2)15(19)10-13/h3-4,9-10,14H,5-8,11H2,1-2H3,(H2,20,21,22,24). The summed E-state index contributed by atoms with van der Waals surface area (Å²) >= 11 is 0. The summed E-state index contributed by atoms with van der Waals surface area (Å²) in [6.07, 6.45) is 1.67. The molecule has 0 atom stereocenters. The Bertz CT molecular complexity index is 757. The molecule has 0 saturated carbocycles. The summed E-state index contributed by atoms with van der Waals surface area (Å²) in [5, 5.41) is 9.34. The van der Waals surface area contributed by atoms with E-state index in [0.717, 1.165) is 31.5 Å². The number of rotatable bonds is 5. The number of benzene rings is 1. The molecule has 2 N–H and O–H groups in total. The van der Waals surface area contributed by atoms with E-state index in [1.54, 1.807) is 19.1 Å². The topological polar surface area (TPSA) is 79.6 Å². The average Bonchev–Trinajstić information content (AvgIpc) is 3.01. The molecule has 2 heterocycles. The largest absolute Gasteiger partial charge is 0.494 e. The maximum Gasteiger partial charge on any atom is 0.320 e. The summed E-state index contributed by atoms with van der Waals surface area (Å²) in [4.78, 5) is 14.2. The van der Waals surface area contributed by atoms with Gasteiger partial charge in [0.25, 0.3) is 0 Å². The van der Waals surface area contributed by atoms with Gasteiger partial charge >= 0.3 is 6.03 Å². The van der Waals surface area contributed by atoms with Crippen LogP contribution in [-0.4, -0.2) is 42.3 Å². The van der Waals surface area contributed by atoms with Crippen LogP contribution in [0.3, 0.4) is 0 Å². The van der Waals surface area contributed by atoms with Crippen molar-refractivity contribution in [2.45, 2.75) is 32.4 Å². The number of halogens is 1. The van der Waals surface area contributed by atoms with Crippen molar-refractivity contribution in [2.75, 3.05) is 25.5 Å². The van der Waals surface area contributed by atoms with Crippen LogP contribution in [0, 0.1) is 12.7 Å². The van der Waals surface area contributed by atoms with E-state index in [1.807, 2.05) is 6.07 Å². The number of hydrogen-bond donors (Lipinski definition) is 2. The molecule has 7 nitrogen and oxygen atoms in total. The van der Waals surface area contributed by atoms with Crippen molar-refractivity contribution < 1.29 is 18.4 Å². The van der Waals surface area contributed by atoms with Crippen LogP contribution in [0.15, 0.2) is 28.8 Å². The Kier molecular flexibility index (Phi) is 5.72. The fourth-order valence-corrected chi connectivity index (χ4v) is 3.06. The van der Waals surface area contributed by atoms with Gasteiger partial charge in [-0.25, -0.2) is 9.18 Å². The number of amides is 2. The van der Waals surface area contributed by atoms with Crippen LogP contribution in [0.25, 0.3) is 0 Å². The third-order valence-corrected chi connectivity index (χ3v) is 4.41. The summed E-state index contributed by atoms with van der Waals surface area (Å²) in [5.74, 6) is 0.953. The molecule has 3 rings (SSSR count). The molecule has 0 aliphatic carbocycles. The van der Waals surface area contributed by atoms with E-state index in [4.69, 9.17) is 9.26 Å². The van der Waals surface area contributed by atoms with E-state index in [2.05, 4.69) is 20.7 Å². The van der Waals surface area contributed by atoms with Gasteiger partial charge in [-0.15, -0.1) is 0 Å². The lowest BCUT2D eigenvalue weighted by Gasteiger charge is -2.32. The van der Waals surface area contributed by atoms with Gasteiger partial charge in [0.2, 0.25) is 0 Å². The number of aryl methyl sites for hydroxylation is 1. The summed E-state index contributed by atoms with van der Waals surface area (Å²) in [6, 6.07) is 6.52. The fraction of sp³-hybridized carbons (Fsp3) is 0.444. The van der Waals surface area contributed by atoms with Gasteiger partial charge in [-0.2, -0.15) is 0 Å². The van der Waals surface area contributed by atoms with Gasteiger partial charge in [-0.05, 0) is 37.5 Å². The van der Waals surface area contributed by atoms with Crippen molar-refractivity contribution in [3.05, 3.63) is 41.4 Å². The lowest BCUT2D eigenvalue weighted by Crippen LogP contribution is -2.45. The normalized spacial score (nSPS) is 15.7. The first kappa shape index (κ1) is 18.2. The maximum atomic E-state index is 13.8. The number of methoxy groups -OCH3 is 1. The number of carbonyl (C=O) groups excluding carboxylic acids is 1. The number of hydrogen-bond acceptors (Lipinski definition) is 5. The van der Waals surface area contributed by atoms with E-state index >= 15 is 0 Å². The first-order valence-electron chi connectivity index (χ1n) is 8.59. The maximum absolute atomic E-state index is 13.8. The number of anilines is 1. The fourth-order valence-electron chi connectivity index (χ4n) is 3.06. The average molecular weight is 362 g/mol. The van der Waals surface area contributed by atoms with Crippen LogP contribution in [0.2, 0.25) is 0 Å². The first-order chi connectivity index (χ1) is 12.5. The molecule has 1 aromatic carbocycles. The highest BCUT2D eigenvalue weighted by atomic mass is 19.1. The van der Waals surface area contributed by atoms with Gasteiger partial charge in [0.15, 0.2) is 17.4 Å². The van der Waals surface area contributed by atoms with E-state index in [1.165, 1.54) is 13.2 Å². The zero-order chi connectivity index (χ0) is 18.5. The van der Waals surface area contributed by atoms with E-state index in [9.17, 15) is 9.18 Å². The highest BCUT2D eigenvalue weighted by molar-refractivity contribution is 5.88. The van der Waals surface area contributed by atoms with Crippen molar-refractivity contribution >= 4 is 11.8 Å². The Hall–Kier alpha value is -2.61. The Labute approximate surface area is 151 Å². The first-order valence-corrected chi connectivity index (χ1v) is 8.59. The Morgan fingerprint density at radius 1 is 1.38 bits per heavy atom. The van der Waals surface area contributed by atoms with Gasteiger partial charge < -0.3 is 14.6 Å². The predicted octanol–water partition coefficient (Wildman–Crippen LogP) is 2.92. The summed E-state index contributed by atoms with van der Waals surface area (Å²) in [5.41, 5.74) is 0.911. The van der Waals surface area contributed by atoms with Crippen LogP contribution in [0.1, 0.15) is 24.2 Å². The molecule has 1 aliphatic rings. The minimum atomic E-state index is -0.346. The molecule has 0 spiro atoms. The molecule has 1 aliphatic heterocycles. The quantitative estimate of drug-likeness (QED) is 0.855. The molecule has 26 heavy (non-hydrogen) atoms. The number of nitrogens with zero attached hydrogens (tertiary/aromatic N) is 2. The van der Waals surface area contributed by atoms with Crippen LogP contribution in [0.4, 0.5) is 15.0 Å². The van der Waals surface area contributed by atoms with Crippen molar-refractivity contribution in [3.63, 3.8) is 0 Å². The van der Waals surface area contributed by atoms with E-state index in [-0.39, 0.29) is 23.6 Å². The van der Waals surface area contributed by atoms with Crippen molar-refractivity contribution in [1.82, 2.24) is 15.4 Å². The molecule has 2 amide bonds. The zero-order valence-electron chi connectivity index (χ0n) is 14.9. The summed E-state index contributed by atoms with van der Waals surface area (Å²) in [6.45, 7) is 4.11. The highest BCUT2D eigenvalue weighted by Gasteiger charge is 2.21. The van der Waals surface area contributed by atoms with Crippen LogP contribution >= 0.6 is 0 Å². The second kappa shape index (κ2) is 8.18. The van der Waals surface area contributed by atoms with Crippen LogP contribution in [-0.2, 0) is 6.54 Å². The molecule has 1 fully saturated rings. The summed E-state index contributed by atoms with van der Waals surface area (Å²) in [7, 11) is 1.45. The lowest BCUT2D eigenvalue weighted by atomic mass is 10.0. The van der Waals surface area contributed by atoms with Crippen LogP contribution in [0.5, 0.6) is 5.75 Å². The van der Waals surface area contributed by atoms with Crippen molar-refractivity contribution in [3.8, 4) is 5.75 Å². The molecular formula is C18H23FN4O3. The van der Waals surface area contributed by atoms with E-state index < -0.39 is 0 Å². The zero-order valence-corrected chi connectivity index (χ0v) is 14.9. The lowest BCUT2D eigenvalue weighted by molar-refractivity contribution is 0.189. The molecular weight excluding hydrogens is 339 g/mol. The number of nitrogens with one attached hydrogen (secondary N) is 2. The van der Waals surface area contributed by atoms with Gasteiger partial charge in [-0.3, -0.25) is 10.2 Å². The van der Waals surface area contributed by atoms with Crippen molar-refractivity contribution in [2.24, 2.45) is 0 Å². The molecule has 1 aromatic heterocycles. The monoisotopic (exact) mass is 362 g/mol. The SMILES string of the molecule is COc1ccc(CN2CCC(NC(=O)Nc3cc(C)on3)CC2)cc1F. The third kappa shape index (κ3) is 4.72. The highest BCUT2D eigenvalue weighted by Crippen LogP contribution is 2.20. The molecule has 8 heteroatoms. The molecule has 140 valence electrons. The van der Waals surface area contributed by atoms with Gasteiger partial charge in [0, 0.05) is 31.7 Å². The number of aromatic nitrogens is 1. The van der Waals surface area contributed by atoms with Crippen molar-refractivity contribution in [1.29, 1.82) is 0 Å². The Morgan fingerprint density at radius 2 is 2.15 bits per heavy atom. The van der Waals surface area contributed by atoms with E-state index in [0.29, 0.717) is 18.1 Å². The summed E-state index contributed by atoms with van der Waals surface area (Å²) < 4.78 is 23.6. The molecule has 0 unspecified atom stereocenters. The molecule has 0 radical (unpaired) electrons. The Morgan fingerprint density at radius 3 is 2.77 bits per heavy atom. The molecule has 0 bridgehead atoms. The molecule has 1 saturated heterocycles. The number of likely N-dealkylation sites (tertiary alicyclic amines) is 1.